The average Bonchev–Trinajstić information content (AvgIpc) is 2.58. The van der Waals surface area contributed by atoms with Crippen LogP contribution in [0.25, 0.3) is 10.1 Å². The first-order valence-corrected chi connectivity index (χ1v) is 5.41. The molecule has 2 rings (SSSR count). The first-order chi connectivity index (χ1) is 7.38. The minimum absolute atomic E-state index is 0.0613. The van der Waals surface area contributed by atoms with Gasteiger partial charge in [0.05, 0.1) is 4.88 Å². The molecule has 0 aliphatic heterocycles. The maximum absolute atomic E-state index is 13.1. The van der Waals surface area contributed by atoms with Crippen molar-refractivity contribution in [2.75, 3.05) is 0 Å². The predicted octanol–water partition coefficient (Wildman–Crippen LogP) is 3.11. The number of amides is 1. The van der Waals surface area contributed by atoms with Crippen molar-refractivity contribution in [3.05, 3.63) is 34.7 Å². The number of alkyl halides is 2. The van der Waals surface area contributed by atoms with Crippen LogP contribution in [0.3, 0.4) is 0 Å². The minimum atomic E-state index is -2.87. The number of benzene rings is 1. The summed E-state index contributed by atoms with van der Waals surface area (Å²) >= 11 is 1.21. The fraction of sp³-hybridized carbons (Fsp3) is 0.182. The molecule has 1 amide bonds. The van der Waals surface area contributed by atoms with Crippen LogP contribution in [0.5, 0.6) is 0 Å². The summed E-state index contributed by atoms with van der Waals surface area (Å²) in [6, 6.07) is 5.87. The molecular weight excluding hydrogens is 232 g/mol. The number of hydrogen-bond acceptors (Lipinski definition) is 2. The van der Waals surface area contributed by atoms with Crippen molar-refractivity contribution in [3.8, 4) is 0 Å². The Bertz CT molecular complexity index is 557. The predicted molar refractivity (Wildman–Crippen MR) is 59.9 cm³/mol. The van der Waals surface area contributed by atoms with E-state index in [9.17, 15) is 13.6 Å². The second kappa shape index (κ2) is 3.52. The van der Waals surface area contributed by atoms with Crippen molar-refractivity contribution in [1.82, 2.24) is 0 Å². The summed E-state index contributed by atoms with van der Waals surface area (Å²) in [6.45, 7) is 0.843. The molecule has 0 spiro atoms. The molecule has 0 unspecified atom stereocenters. The molecule has 0 saturated carbocycles. The highest BCUT2D eigenvalue weighted by molar-refractivity contribution is 7.20. The van der Waals surface area contributed by atoms with Crippen molar-refractivity contribution in [2.24, 2.45) is 5.73 Å². The Labute approximate surface area is 94.7 Å². The third-order valence-electron chi connectivity index (χ3n) is 2.27. The molecule has 16 heavy (non-hydrogen) atoms. The van der Waals surface area contributed by atoms with Gasteiger partial charge in [0.25, 0.3) is 11.8 Å². The molecule has 0 radical (unpaired) electrons. The number of nitrogens with two attached hydrogens (primary N) is 1. The number of carbonyl (C=O) groups excluding carboxylic acids is 1. The van der Waals surface area contributed by atoms with Crippen LogP contribution in [-0.2, 0) is 5.92 Å². The summed E-state index contributed by atoms with van der Waals surface area (Å²) in [6.07, 6.45) is 0. The lowest BCUT2D eigenvalue weighted by molar-refractivity contribution is 0.0176. The Morgan fingerprint density at radius 2 is 2.06 bits per heavy atom. The van der Waals surface area contributed by atoms with Crippen LogP contribution >= 0.6 is 11.3 Å². The largest absolute Gasteiger partial charge is 0.365 e. The molecule has 2 N–H and O–H groups in total. The quantitative estimate of drug-likeness (QED) is 0.862. The Morgan fingerprint density at radius 3 is 2.62 bits per heavy atom. The van der Waals surface area contributed by atoms with Crippen LogP contribution in [0.15, 0.2) is 24.3 Å². The topological polar surface area (TPSA) is 43.1 Å². The summed E-state index contributed by atoms with van der Waals surface area (Å²) in [5.41, 5.74) is 5.06. The van der Waals surface area contributed by atoms with E-state index in [1.807, 2.05) is 0 Å². The molecule has 84 valence electrons. The zero-order valence-electron chi connectivity index (χ0n) is 8.46. The van der Waals surface area contributed by atoms with Gasteiger partial charge in [0.2, 0.25) is 0 Å². The molecule has 2 nitrogen and oxygen atoms in total. The monoisotopic (exact) mass is 241 g/mol. The molecule has 0 aliphatic carbocycles. The highest BCUT2D eigenvalue weighted by Gasteiger charge is 2.24. The second-order valence-electron chi connectivity index (χ2n) is 3.62. The SMILES string of the molecule is CC(F)(F)c1ccc2sc(C(N)=O)cc2c1. The molecule has 0 aliphatic rings. The van der Waals surface area contributed by atoms with E-state index in [0.717, 1.165) is 11.6 Å². The summed E-state index contributed by atoms with van der Waals surface area (Å²) in [7, 11) is 0. The molecule has 2 aromatic rings. The Hall–Kier alpha value is -1.49. The van der Waals surface area contributed by atoms with Gasteiger partial charge in [-0.3, -0.25) is 4.79 Å². The Kier molecular flexibility index (Phi) is 2.42. The molecule has 0 fully saturated rings. The van der Waals surface area contributed by atoms with Crippen LogP contribution < -0.4 is 5.73 Å². The number of rotatable bonds is 2. The van der Waals surface area contributed by atoms with Gasteiger partial charge in [-0.15, -0.1) is 11.3 Å². The van der Waals surface area contributed by atoms with Crippen LogP contribution in [0.1, 0.15) is 22.2 Å². The number of halogens is 2. The maximum Gasteiger partial charge on any atom is 0.270 e. The number of primary amides is 1. The van der Waals surface area contributed by atoms with Crippen LogP contribution in [0.4, 0.5) is 8.78 Å². The molecule has 0 saturated heterocycles. The van der Waals surface area contributed by atoms with Gasteiger partial charge in [0.15, 0.2) is 0 Å². The Balaban J connectivity index is 2.58. The van der Waals surface area contributed by atoms with Gasteiger partial charge in [-0.05, 0) is 23.6 Å². The summed E-state index contributed by atoms with van der Waals surface area (Å²) in [5, 5.41) is 0.623. The Morgan fingerprint density at radius 1 is 1.38 bits per heavy atom. The van der Waals surface area contributed by atoms with Gasteiger partial charge in [-0.25, -0.2) is 8.78 Å². The lowest BCUT2D eigenvalue weighted by atomic mass is 10.1. The summed E-state index contributed by atoms with van der Waals surface area (Å²) in [4.78, 5) is 11.3. The van der Waals surface area contributed by atoms with Crippen LogP contribution in [0.2, 0.25) is 0 Å². The molecule has 0 atom stereocenters. The first-order valence-electron chi connectivity index (χ1n) is 4.59. The fourth-order valence-electron chi connectivity index (χ4n) is 1.44. The third-order valence-corrected chi connectivity index (χ3v) is 3.40. The lowest BCUT2D eigenvalue weighted by Crippen LogP contribution is -2.08. The standard InChI is InChI=1S/C11H9F2NOS/c1-11(12,13)7-2-3-8-6(4-7)5-9(16-8)10(14)15/h2-5H,1H3,(H2,14,15). The van der Waals surface area contributed by atoms with E-state index in [1.54, 1.807) is 6.07 Å². The fourth-order valence-corrected chi connectivity index (χ4v) is 2.33. The highest BCUT2D eigenvalue weighted by Crippen LogP contribution is 2.32. The van der Waals surface area contributed by atoms with Gasteiger partial charge in [-0.1, -0.05) is 6.07 Å². The van der Waals surface area contributed by atoms with Gasteiger partial charge >= 0.3 is 0 Å². The highest BCUT2D eigenvalue weighted by atomic mass is 32.1. The van der Waals surface area contributed by atoms with Crippen molar-refractivity contribution >= 4 is 27.3 Å². The van der Waals surface area contributed by atoms with E-state index >= 15 is 0 Å². The number of hydrogen-bond donors (Lipinski definition) is 1. The van der Waals surface area contributed by atoms with Crippen LogP contribution in [0, 0.1) is 0 Å². The second-order valence-corrected chi connectivity index (χ2v) is 4.70. The average molecular weight is 241 g/mol. The lowest BCUT2D eigenvalue weighted by Gasteiger charge is -2.09. The van der Waals surface area contributed by atoms with E-state index in [1.165, 1.54) is 29.5 Å². The zero-order valence-corrected chi connectivity index (χ0v) is 9.28. The zero-order chi connectivity index (χ0) is 11.9. The molecule has 5 heteroatoms. The van der Waals surface area contributed by atoms with E-state index in [2.05, 4.69) is 0 Å². The maximum atomic E-state index is 13.1. The van der Waals surface area contributed by atoms with Crippen molar-refractivity contribution in [2.45, 2.75) is 12.8 Å². The number of thiophene rings is 1. The molecule has 0 bridgehead atoms. The summed E-state index contributed by atoms with van der Waals surface area (Å²) < 4.78 is 26.9. The number of fused-ring (bicyclic) bond motifs is 1. The van der Waals surface area contributed by atoms with E-state index < -0.39 is 11.8 Å². The number of carbonyl (C=O) groups is 1. The van der Waals surface area contributed by atoms with E-state index in [0.29, 0.717) is 10.3 Å². The first kappa shape index (κ1) is 11.0. The van der Waals surface area contributed by atoms with Gasteiger partial charge in [0.1, 0.15) is 0 Å². The third kappa shape index (κ3) is 1.90. The van der Waals surface area contributed by atoms with Gasteiger partial charge in [0, 0.05) is 17.2 Å². The van der Waals surface area contributed by atoms with Gasteiger partial charge in [-0.2, -0.15) is 0 Å². The van der Waals surface area contributed by atoms with Gasteiger partial charge < -0.3 is 5.73 Å². The van der Waals surface area contributed by atoms with E-state index in [-0.39, 0.29) is 5.56 Å². The van der Waals surface area contributed by atoms with E-state index in [4.69, 9.17) is 5.73 Å². The smallest absolute Gasteiger partial charge is 0.270 e. The van der Waals surface area contributed by atoms with Crippen molar-refractivity contribution in [3.63, 3.8) is 0 Å². The van der Waals surface area contributed by atoms with Crippen molar-refractivity contribution in [1.29, 1.82) is 0 Å². The van der Waals surface area contributed by atoms with Crippen molar-refractivity contribution < 1.29 is 13.6 Å². The van der Waals surface area contributed by atoms with Crippen LogP contribution in [-0.4, -0.2) is 5.91 Å². The normalized spacial score (nSPS) is 11.9. The minimum Gasteiger partial charge on any atom is -0.365 e. The molecule has 1 aromatic heterocycles. The molecular formula is C11H9F2NOS. The summed E-state index contributed by atoms with van der Waals surface area (Å²) in [5.74, 6) is -3.41. The molecule has 1 heterocycles. The molecule has 1 aromatic carbocycles.